The lowest BCUT2D eigenvalue weighted by atomic mass is 10.1. The molecule has 39 heavy (non-hydrogen) atoms. The predicted molar refractivity (Wildman–Crippen MR) is 151 cm³/mol. The average molecular weight is 537 g/mol. The van der Waals surface area contributed by atoms with E-state index in [4.69, 9.17) is 19.4 Å². The molecule has 0 saturated carbocycles. The van der Waals surface area contributed by atoms with Crippen LogP contribution in [-0.2, 0) is 4.74 Å². The summed E-state index contributed by atoms with van der Waals surface area (Å²) in [6.07, 6.45) is 4.04. The van der Waals surface area contributed by atoms with Crippen LogP contribution in [-0.4, -0.2) is 84.9 Å². The van der Waals surface area contributed by atoms with Gasteiger partial charge in [-0.2, -0.15) is 9.97 Å². The first-order valence-electron chi connectivity index (χ1n) is 14.1. The summed E-state index contributed by atoms with van der Waals surface area (Å²) in [6.45, 7) is 13.2. The van der Waals surface area contributed by atoms with Gasteiger partial charge in [-0.1, -0.05) is 17.7 Å². The molecule has 3 aliphatic heterocycles. The second-order valence-corrected chi connectivity index (χ2v) is 11.6. The maximum Gasteiger partial charge on any atom is 0.410 e. The number of esters is 1. The Bertz CT molecular complexity index is 1180. The Labute approximate surface area is 230 Å². The molecule has 3 fully saturated rings. The summed E-state index contributed by atoms with van der Waals surface area (Å²) in [5.41, 5.74) is 1.01. The minimum Gasteiger partial charge on any atom is -0.444 e. The van der Waals surface area contributed by atoms with Crippen molar-refractivity contribution < 1.29 is 19.1 Å². The number of amides is 1. The largest absolute Gasteiger partial charge is 0.444 e. The van der Waals surface area contributed by atoms with Crippen LogP contribution in [0.1, 0.15) is 62.4 Å². The molecule has 1 aromatic heterocycles. The van der Waals surface area contributed by atoms with Gasteiger partial charge in [-0.05, 0) is 65.5 Å². The Morgan fingerprint density at radius 2 is 1.26 bits per heavy atom. The Morgan fingerprint density at radius 3 is 1.79 bits per heavy atom. The molecule has 3 saturated heterocycles. The van der Waals surface area contributed by atoms with Crippen LogP contribution in [0.4, 0.5) is 22.4 Å². The highest BCUT2D eigenvalue weighted by atomic mass is 16.6. The van der Waals surface area contributed by atoms with Crippen molar-refractivity contribution in [1.82, 2.24) is 14.9 Å². The van der Waals surface area contributed by atoms with E-state index in [1.54, 1.807) is 17.0 Å². The van der Waals surface area contributed by atoms with Crippen LogP contribution in [0, 0.1) is 6.92 Å². The van der Waals surface area contributed by atoms with Gasteiger partial charge < -0.3 is 29.1 Å². The lowest BCUT2D eigenvalue weighted by Crippen LogP contribution is -2.50. The van der Waals surface area contributed by atoms with Gasteiger partial charge in [0.25, 0.3) is 0 Å². The third-order valence-electron chi connectivity index (χ3n) is 7.33. The van der Waals surface area contributed by atoms with Crippen molar-refractivity contribution in [3.05, 3.63) is 35.4 Å². The van der Waals surface area contributed by atoms with Gasteiger partial charge >= 0.3 is 12.1 Å². The molecule has 3 aliphatic rings. The Balaban J connectivity index is 1.48. The molecule has 0 spiro atoms. The highest BCUT2D eigenvalue weighted by molar-refractivity contribution is 5.93. The summed E-state index contributed by atoms with van der Waals surface area (Å²) < 4.78 is 11.7. The maximum atomic E-state index is 13.3. The zero-order valence-corrected chi connectivity index (χ0v) is 23.6. The van der Waals surface area contributed by atoms with Crippen LogP contribution in [0.3, 0.4) is 0 Å². The van der Waals surface area contributed by atoms with Crippen molar-refractivity contribution in [1.29, 1.82) is 0 Å². The molecular weight excluding hydrogens is 496 g/mol. The topological polar surface area (TPSA) is 91.3 Å². The average Bonchev–Trinajstić information content (AvgIpc) is 3.63. The second kappa shape index (κ2) is 11.3. The molecule has 0 aliphatic carbocycles. The van der Waals surface area contributed by atoms with E-state index in [2.05, 4.69) is 14.7 Å². The molecule has 210 valence electrons. The molecule has 0 unspecified atom stereocenters. The molecule has 2 aromatic rings. The van der Waals surface area contributed by atoms with Gasteiger partial charge in [0.2, 0.25) is 11.7 Å². The van der Waals surface area contributed by atoms with Crippen molar-refractivity contribution in [3.8, 4) is 5.75 Å². The summed E-state index contributed by atoms with van der Waals surface area (Å²) in [7, 11) is 0. The van der Waals surface area contributed by atoms with Gasteiger partial charge in [0.1, 0.15) is 5.60 Å². The van der Waals surface area contributed by atoms with Gasteiger partial charge in [-0.25, -0.2) is 9.59 Å². The third kappa shape index (κ3) is 6.37. The van der Waals surface area contributed by atoms with Crippen LogP contribution in [0.2, 0.25) is 0 Å². The summed E-state index contributed by atoms with van der Waals surface area (Å²) >= 11 is 0. The monoisotopic (exact) mass is 536 g/mol. The van der Waals surface area contributed by atoms with Crippen molar-refractivity contribution in [2.75, 3.05) is 67.1 Å². The summed E-state index contributed by atoms with van der Waals surface area (Å²) in [4.78, 5) is 44.3. The number of nitrogens with zero attached hydrogens (tertiary/aromatic N) is 6. The number of hydrogen-bond acceptors (Lipinski definition) is 9. The van der Waals surface area contributed by atoms with E-state index in [0.29, 0.717) is 55.1 Å². The van der Waals surface area contributed by atoms with Crippen LogP contribution in [0.25, 0.3) is 0 Å². The Kier molecular flexibility index (Phi) is 7.81. The second-order valence-electron chi connectivity index (χ2n) is 11.6. The minimum atomic E-state index is -0.548. The summed E-state index contributed by atoms with van der Waals surface area (Å²) in [6, 6.07) is 7.38. The van der Waals surface area contributed by atoms with Crippen LogP contribution >= 0.6 is 0 Å². The van der Waals surface area contributed by atoms with E-state index in [9.17, 15) is 9.59 Å². The molecule has 5 rings (SSSR count). The zero-order valence-electron chi connectivity index (χ0n) is 23.6. The van der Waals surface area contributed by atoms with Crippen LogP contribution in [0.15, 0.2) is 24.3 Å². The third-order valence-corrected chi connectivity index (χ3v) is 7.33. The number of aromatic nitrogens is 2. The van der Waals surface area contributed by atoms with E-state index in [-0.39, 0.29) is 6.09 Å². The van der Waals surface area contributed by atoms with Crippen molar-refractivity contribution in [2.24, 2.45) is 0 Å². The number of hydrogen-bond donors (Lipinski definition) is 0. The Hall–Kier alpha value is -3.56. The van der Waals surface area contributed by atoms with Gasteiger partial charge in [-0.3, -0.25) is 0 Å². The molecule has 1 aromatic carbocycles. The van der Waals surface area contributed by atoms with E-state index in [0.717, 1.165) is 57.4 Å². The standard InChI is InChI=1S/C29H40N6O4/c1-21-9-11-22(12-10-21)26(36)38-23-24(32-13-5-6-14-32)30-27(34-15-7-8-16-34)31-25(23)33-17-19-35(20-18-33)28(37)39-29(2,3)4/h9-12H,5-8,13-20H2,1-4H3. The molecule has 0 radical (unpaired) electrons. The number of piperazine rings is 1. The van der Waals surface area contributed by atoms with Crippen LogP contribution < -0.4 is 19.4 Å². The predicted octanol–water partition coefficient (Wildman–Crippen LogP) is 4.26. The fourth-order valence-electron chi connectivity index (χ4n) is 5.19. The van der Waals surface area contributed by atoms with Crippen LogP contribution in [0.5, 0.6) is 5.75 Å². The number of carbonyl (C=O) groups excluding carboxylic acids is 2. The number of ether oxygens (including phenoxy) is 2. The fourth-order valence-corrected chi connectivity index (χ4v) is 5.19. The first kappa shape index (κ1) is 27.0. The smallest absolute Gasteiger partial charge is 0.410 e. The number of benzene rings is 1. The molecule has 10 heteroatoms. The molecule has 0 N–H and O–H groups in total. The zero-order chi connectivity index (χ0) is 27.6. The SMILES string of the molecule is Cc1ccc(C(=O)Oc2c(N3CCCC3)nc(N3CCCC3)nc2N2CCN(C(=O)OC(C)(C)C)CC2)cc1. The van der Waals surface area contributed by atoms with E-state index in [1.165, 1.54) is 0 Å². The first-order chi connectivity index (χ1) is 18.7. The first-order valence-corrected chi connectivity index (χ1v) is 14.1. The van der Waals surface area contributed by atoms with Crippen molar-refractivity contribution in [3.63, 3.8) is 0 Å². The summed E-state index contributed by atoms with van der Waals surface area (Å²) in [5, 5.41) is 0. The van der Waals surface area contributed by atoms with Crippen molar-refractivity contribution in [2.45, 2.75) is 59.0 Å². The van der Waals surface area contributed by atoms with Gasteiger partial charge in [0.15, 0.2) is 11.6 Å². The van der Waals surface area contributed by atoms with Gasteiger partial charge in [-0.15, -0.1) is 0 Å². The summed E-state index contributed by atoms with van der Waals surface area (Å²) in [5.74, 6) is 1.93. The maximum absolute atomic E-state index is 13.3. The molecule has 1 amide bonds. The van der Waals surface area contributed by atoms with Gasteiger partial charge in [0.05, 0.1) is 5.56 Å². The van der Waals surface area contributed by atoms with E-state index < -0.39 is 11.6 Å². The Morgan fingerprint density at radius 1 is 0.744 bits per heavy atom. The fraction of sp³-hybridized carbons (Fsp3) is 0.586. The van der Waals surface area contributed by atoms with Crippen molar-refractivity contribution >= 4 is 29.6 Å². The number of carbonyl (C=O) groups is 2. The molecule has 10 nitrogen and oxygen atoms in total. The lowest BCUT2D eigenvalue weighted by Gasteiger charge is -2.37. The lowest BCUT2D eigenvalue weighted by molar-refractivity contribution is 0.0240. The molecule has 4 heterocycles. The number of rotatable bonds is 5. The molecular formula is C29H40N6O4. The highest BCUT2D eigenvalue weighted by Gasteiger charge is 2.33. The quantitative estimate of drug-likeness (QED) is 0.520. The molecule has 0 bridgehead atoms. The highest BCUT2D eigenvalue weighted by Crippen LogP contribution is 2.40. The van der Waals surface area contributed by atoms with Gasteiger partial charge in [0, 0.05) is 52.4 Å². The molecule has 0 atom stereocenters. The normalized spacial score (nSPS) is 18.1. The number of anilines is 3. The minimum absolute atomic E-state index is 0.314. The van der Waals surface area contributed by atoms with E-state index >= 15 is 0 Å². The van der Waals surface area contributed by atoms with E-state index in [1.807, 2.05) is 39.8 Å². The number of aryl methyl sites for hydroxylation is 1.